The zero-order valence-electron chi connectivity index (χ0n) is 17.4. The third-order valence-electron chi connectivity index (χ3n) is 6.64. The molecule has 1 heterocycles. The number of likely N-dealkylation sites (tertiary alicyclic amines) is 1. The number of ketones is 1. The van der Waals surface area contributed by atoms with E-state index in [1.54, 1.807) is 12.1 Å². The smallest absolute Gasteiger partial charge is 0.162 e. The zero-order chi connectivity index (χ0) is 20.1. The third kappa shape index (κ3) is 5.61. The van der Waals surface area contributed by atoms with E-state index in [2.05, 4.69) is 40.5 Å². The number of Topliss-reactive ketones (excluding diaryl/α,β-unsaturated/α-hetero) is 1. The van der Waals surface area contributed by atoms with Crippen LogP contribution in [0.5, 0.6) is 0 Å². The number of hydrogen-bond donors (Lipinski definition) is 1. The highest BCUT2D eigenvalue weighted by Crippen LogP contribution is 2.37. The van der Waals surface area contributed by atoms with E-state index in [1.807, 2.05) is 0 Å². The van der Waals surface area contributed by atoms with Crippen LogP contribution in [0.15, 0.2) is 54.6 Å². The van der Waals surface area contributed by atoms with Gasteiger partial charge >= 0.3 is 0 Å². The van der Waals surface area contributed by atoms with Crippen LogP contribution in [0.4, 0.5) is 10.1 Å². The molecule has 2 aromatic carbocycles. The molecule has 1 saturated heterocycles. The van der Waals surface area contributed by atoms with Crippen LogP contribution in [0.3, 0.4) is 0 Å². The number of rotatable bonds is 7. The Morgan fingerprint density at radius 2 is 1.73 bits per heavy atom. The fraction of sp³-hybridized carbons (Fsp3) is 0.480. The van der Waals surface area contributed by atoms with Crippen molar-refractivity contribution >= 4 is 23.9 Å². The Balaban J connectivity index is 0.00000256. The molecule has 3 nitrogen and oxygen atoms in total. The van der Waals surface area contributed by atoms with E-state index in [9.17, 15) is 9.18 Å². The number of carbonyl (C=O) groups excluding carboxylic acids is 1. The molecule has 1 unspecified atom stereocenters. The molecule has 1 aliphatic carbocycles. The van der Waals surface area contributed by atoms with E-state index in [0.717, 1.165) is 25.9 Å². The summed E-state index contributed by atoms with van der Waals surface area (Å²) >= 11 is 0. The lowest BCUT2D eigenvalue weighted by molar-refractivity contribution is 0.0504. The SMILES string of the molecule is Cl.O=C(CCCN1CC[C@H](Nc2ccccc2)[C@@H]2CCCCC21)c1ccc(F)cc1. The van der Waals surface area contributed by atoms with Crippen molar-refractivity contribution in [2.24, 2.45) is 5.92 Å². The van der Waals surface area contributed by atoms with Crippen molar-refractivity contribution in [1.29, 1.82) is 0 Å². The normalized spacial score (nSPS) is 23.8. The van der Waals surface area contributed by atoms with Gasteiger partial charge in [0.05, 0.1) is 0 Å². The van der Waals surface area contributed by atoms with Gasteiger partial charge in [-0.25, -0.2) is 4.39 Å². The minimum atomic E-state index is -0.295. The fourth-order valence-corrected chi connectivity index (χ4v) is 5.18. The highest BCUT2D eigenvalue weighted by Gasteiger charge is 2.39. The Kier molecular flexibility index (Phi) is 8.29. The first-order chi connectivity index (χ1) is 14.2. The van der Waals surface area contributed by atoms with Crippen molar-refractivity contribution < 1.29 is 9.18 Å². The highest BCUT2D eigenvalue weighted by molar-refractivity contribution is 5.95. The monoisotopic (exact) mass is 430 g/mol. The summed E-state index contributed by atoms with van der Waals surface area (Å²) in [6.45, 7) is 2.07. The molecule has 0 bridgehead atoms. The topological polar surface area (TPSA) is 32.3 Å². The number of anilines is 1. The van der Waals surface area contributed by atoms with E-state index in [1.165, 1.54) is 43.5 Å². The minimum Gasteiger partial charge on any atom is -0.382 e. The standard InChI is InChI=1S/C25H31FN2O.ClH/c26-20-14-12-19(13-15-20)25(29)11-6-17-28-18-16-23(22-9-4-5-10-24(22)28)27-21-7-2-1-3-8-21;/h1-3,7-8,12-15,22-24,27H,4-6,9-11,16-18H2;1H/t22-,23-,24?;/m0./s1. The Morgan fingerprint density at radius 3 is 2.50 bits per heavy atom. The summed E-state index contributed by atoms with van der Waals surface area (Å²) < 4.78 is 13.0. The molecule has 5 heteroatoms. The summed E-state index contributed by atoms with van der Waals surface area (Å²) in [5.74, 6) is 0.508. The number of piperidine rings is 1. The first-order valence-corrected chi connectivity index (χ1v) is 11.0. The second-order valence-corrected chi connectivity index (χ2v) is 8.49. The summed E-state index contributed by atoms with van der Waals surface area (Å²) in [7, 11) is 0. The van der Waals surface area contributed by atoms with E-state index in [4.69, 9.17) is 0 Å². The maximum Gasteiger partial charge on any atom is 0.162 e. The second kappa shape index (κ2) is 10.9. The van der Waals surface area contributed by atoms with Crippen molar-refractivity contribution in [3.63, 3.8) is 0 Å². The molecule has 4 rings (SSSR count). The van der Waals surface area contributed by atoms with Gasteiger partial charge in [0.25, 0.3) is 0 Å². The molecule has 2 fully saturated rings. The van der Waals surface area contributed by atoms with Gasteiger partial charge in [0.15, 0.2) is 5.78 Å². The summed E-state index contributed by atoms with van der Waals surface area (Å²) in [5, 5.41) is 3.79. The zero-order valence-corrected chi connectivity index (χ0v) is 18.3. The predicted molar refractivity (Wildman–Crippen MR) is 123 cm³/mol. The van der Waals surface area contributed by atoms with E-state index in [0.29, 0.717) is 30.0 Å². The molecular formula is C25H32ClFN2O. The molecule has 0 spiro atoms. The van der Waals surface area contributed by atoms with Crippen LogP contribution in [0.2, 0.25) is 0 Å². The van der Waals surface area contributed by atoms with Crippen molar-refractivity contribution in [3.05, 3.63) is 66.0 Å². The van der Waals surface area contributed by atoms with Gasteiger partial charge < -0.3 is 5.32 Å². The largest absolute Gasteiger partial charge is 0.382 e. The van der Waals surface area contributed by atoms with Gasteiger partial charge in [-0.1, -0.05) is 31.0 Å². The lowest BCUT2D eigenvalue weighted by atomic mass is 9.75. The summed E-state index contributed by atoms with van der Waals surface area (Å²) in [5.41, 5.74) is 1.84. The Hall–Kier alpha value is -1.91. The van der Waals surface area contributed by atoms with Crippen molar-refractivity contribution in [3.8, 4) is 0 Å². The first kappa shape index (κ1) is 22.8. The van der Waals surface area contributed by atoms with E-state index in [-0.39, 0.29) is 24.0 Å². The number of para-hydroxylation sites is 1. The quantitative estimate of drug-likeness (QED) is 0.550. The van der Waals surface area contributed by atoms with Crippen molar-refractivity contribution in [1.82, 2.24) is 4.90 Å². The summed E-state index contributed by atoms with van der Waals surface area (Å²) in [6.07, 6.45) is 7.75. The van der Waals surface area contributed by atoms with Crippen LogP contribution in [0.25, 0.3) is 0 Å². The highest BCUT2D eigenvalue weighted by atomic mass is 35.5. The number of halogens is 2. The molecule has 1 aliphatic heterocycles. The van der Waals surface area contributed by atoms with Crippen LogP contribution in [0.1, 0.15) is 55.3 Å². The van der Waals surface area contributed by atoms with E-state index >= 15 is 0 Å². The van der Waals surface area contributed by atoms with Crippen LogP contribution < -0.4 is 5.32 Å². The van der Waals surface area contributed by atoms with Gasteiger partial charge in [-0.15, -0.1) is 12.4 Å². The van der Waals surface area contributed by atoms with Gasteiger partial charge in [0, 0.05) is 36.3 Å². The molecule has 162 valence electrons. The Bertz CT molecular complexity index is 799. The van der Waals surface area contributed by atoms with Gasteiger partial charge in [0.1, 0.15) is 5.82 Å². The molecular weight excluding hydrogens is 399 g/mol. The Labute approximate surface area is 185 Å². The molecule has 0 radical (unpaired) electrons. The van der Waals surface area contributed by atoms with E-state index < -0.39 is 0 Å². The average Bonchev–Trinajstić information content (AvgIpc) is 2.76. The summed E-state index contributed by atoms with van der Waals surface area (Å²) in [4.78, 5) is 15.0. The van der Waals surface area contributed by atoms with Crippen molar-refractivity contribution in [2.45, 2.75) is 57.0 Å². The van der Waals surface area contributed by atoms with Gasteiger partial charge in [-0.3, -0.25) is 9.69 Å². The minimum absolute atomic E-state index is 0. The molecule has 30 heavy (non-hydrogen) atoms. The Morgan fingerprint density at radius 1 is 1.00 bits per heavy atom. The van der Waals surface area contributed by atoms with Gasteiger partial charge in [-0.05, 0) is 74.5 Å². The maximum atomic E-state index is 13.0. The fourth-order valence-electron chi connectivity index (χ4n) is 5.18. The number of carbonyl (C=O) groups is 1. The lowest BCUT2D eigenvalue weighted by Crippen LogP contribution is -2.54. The molecule has 0 aromatic heterocycles. The van der Waals surface area contributed by atoms with Crippen LogP contribution in [-0.2, 0) is 0 Å². The average molecular weight is 431 g/mol. The predicted octanol–water partition coefficient (Wildman–Crippen LogP) is 5.96. The van der Waals surface area contributed by atoms with Crippen LogP contribution >= 0.6 is 12.4 Å². The number of hydrogen-bond acceptors (Lipinski definition) is 3. The van der Waals surface area contributed by atoms with Crippen LogP contribution in [-0.4, -0.2) is 35.9 Å². The molecule has 2 aromatic rings. The maximum absolute atomic E-state index is 13.0. The van der Waals surface area contributed by atoms with Crippen LogP contribution in [0, 0.1) is 11.7 Å². The second-order valence-electron chi connectivity index (χ2n) is 8.49. The molecule has 3 atom stereocenters. The molecule has 2 aliphatic rings. The van der Waals surface area contributed by atoms with Gasteiger partial charge in [-0.2, -0.15) is 0 Å². The first-order valence-electron chi connectivity index (χ1n) is 11.0. The molecule has 0 amide bonds. The lowest BCUT2D eigenvalue weighted by Gasteiger charge is -2.48. The molecule has 1 N–H and O–H groups in total. The number of nitrogens with one attached hydrogen (secondary N) is 1. The number of nitrogens with zero attached hydrogens (tertiary/aromatic N) is 1. The number of benzene rings is 2. The third-order valence-corrected chi connectivity index (χ3v) is 6.64. The molecule has 1 saturated carbocycles. The van der Waals surface area contributed by atoms with Crippen molar-refractivity contribution in [2.75, 3.05) is 18.4 Å². The summed E-state index contributed by atoms with van der Waals surface area (Å²) in [6, 6.07) is 17.6. The van der Waals surface area contributed by atoms with Gasteiger partial charge in [0.2, 0.25) is 0 Å². The number of fused-ring (bicyclic) bond motifs is 1.